The average molecular weight is 331 g/mol. The molecule has 1 aromatic carbocycles. The number of ether oxygens (including phenoxy) is 2. The number of carbonyl (C=O) groups is 1. The molecule has 3 atom stereocenters. The van der Waals surface area contributed by atoms with Crippen LogP contribution in [0.4, 0.5) is 0 Å². The first-order valence-corrected chi connectivity index (χ1v) is 8.27. The number of methoxy groups -OCH3 is 2. The molecule has 1 fully saturated rings. The van der Waals surface area contributed by atoms with E-state index in [1.807, 2.05) is 31.3 Å². The van der Waals surface area contributed by atoms with Gasteiger partial charge in [-0.05, 0) is 43.5 Å². The molecule has 0 spiro atoms. The number of rotatable bonds is 4. The third kappa shape index (κ3) is 2.47. The van der Waals surface area contributed by atoms with E-state index < -0.39 is 6.10 Å². The molecule has 0 saturated carbocycles. The molecule has 1 aliphatic heterocycles. The summed E-state index contributed by atoms with van der Waals surface area (Å²) in [5.74, 6) is 1.04. The predicted octanol–water partition coefficient (Wildman–Crippen LogP) is 2.13. The minimum Gasteiger partial charge on any atom is -0.493 e. The zero-order valence-corrected chi connectivity index (χ0v) is 14.7. The molecule has 1 heterocycles. The van der Waals surface area contributed by atoms with Gasteiger partial charge in [0, 0.05) is 30.6 Å². The summed E-state index contributed by atoms with van der Waals surface area (Å²) in [5.41, 5.74) is 1.94. The largest absolute Gasteiger partial charge is 0.493 e. The van der Waals surface area contributed by atoms with E-state index in [9.17, 15) is 9.90 Å². The van der Waals surface area contributed by atoms with Crippen LogP contribution in [0.25, 0.3) is 0 Å². The Kier molecular flexibility index (Phi) is 4.30. The standard InChI is InChI=1S/C19H25NO4/c1-12(21)14-11-19(7-8-20(2)18(19)10-15(14)22)13-5-6-16(23-3)17(9-13)24-4/h5-6,9-10,14-15,22H,7-8,11H2,1-4H3/t14-,15+,19-/m1/s1. The molecule has 0 radical (unpaired) electrons. The van der Waals surface area contributed by atoms with Crippen molar-refractivity contribution >= 4 is 5.78 Å². The lowest BCUT2D eigenvalue weighted by molar-refractivity contribution is -0.124. The summed E-state index contributed by atoms with van der Waals surface area (Å²) in [5, 5.41) is 10.4. The van der Waals surface area contributed by atoms with Crippen molar-refractivity contribution < 1.29 is 19.4 Å². The molecule has 24 heavy (non-hydrogen) atoms. The van der Waals surface area contributed by atoms with Crippen molar-refractivity contribution in [2.24, 2.45) is 5.92 Å². The monoisotopic (exact) mass is 331 g/mol. The van der Waals surface area contributed by atoms with Crippen LogP contribution in [0.1, 0.15) is 25.3 Å². The Balaban J connectivity index is 2.12. The third-order valence-corrected chi connectivity index (χ3v) is 5.54. The van der Waals surface area contributed by atoms with Crippen LogP contribution in [0.2, 0.25) is 0 Å². The molecule has 5 nitrogen and oxygen atoms in total. The summed E-state index contributed by atoms with van der Waals surface area (Å²) in [6.45, 7) is 2.46. The first-order valence-electron chi connectivity index (χ1n) is 8.27. The molecular weight excluding hydrogens is 306 g/mol. The van der Waals surface area contributed by atoms with E-state index in [4.69, 9.17) is 9.47 Å². The quantitative estimate of drug-likeness (QED) is 0.916. The van der Waals surface area contributed by atoms with E-state index in [1.54, 1.807) is 21.1 Å². The van der Waals surface area contributed by atoms with Gasteiger partial charge >= 0.3 is 0 Å². The molecule has 2 aliphatic rings. The Labute approximate surface area is 142 Å². The topological polar surface area (TPSA) is 59.0 Å². The molecule has 3 rings (SSSR count). The van der Waals surface area contributed by atoms with Crippen molar-refractivity contribution in [3.8, 4) is 11.5 Å². The Morgan fingerprint density at radius 1 is 1.29 bits per heavy atom. The number of allylic oxidation sites excluding steroid dienone is 1. The minimum atomic E-state index is -0.716. The van der Waals surface area contributed by atoms with Crippen LogP contribution < -0.4 is 9.47 Å². The number of likely N-dealkylation sites (N-methyl/N-ethyl adjacent to an activating group) is 1. The van der Waals surface area contributed by atoms with E-state index in [1.165, 1.54) is 0 Å². The number of nitrogens with zero attached hydrogens (tertiary/aromatic N) is 1. The van der Waals surface area contributed by atoms with Gasteiger partial charge in [0.15, 0.2) is 11.5 Å². The second-order valence-electron chi connectivity index (χ2n) is 6.79. The number of aliphatic hydroxyl groups is 1. The average Bonchev–Trinajstić information content (AvgIpc) is 2.91. The van der Waals surface area contributed by atoms with Gasteiger partial charge in [0.1, 0.15) is 5.78 Å². The molecule has 5 heteroatoms. The van der Waals surface area contributed by atoms with Crippen molar-refractivity contribution in [2.75, 3.05) is 27.8 Å². The molecule has 1 saturated heterocycles. The van der Waals surface area contributed by atoms with Gasteiger partial charge in [-0.15, -0.1) is 0 Å². The fourth-order valence-electron chi connectivity index (χ4n) is 4.17. The number of hydrogen-bond acceptors (Lipinski definition) is 5. The van der Waals surface area contributed by atoms with E-state index >= 15 is 0 Å². The summed E-state index contributed by atoms with van der Waals surface area (Å²) < 4.78 is 10.8. The van der Waals surface area contributed by atoms with Gasteiger partial charge < -0.3 is 19.5 Å². The van der Waals surface area contributed by atoms with Crippen LogP contribution in [0.15, 0.2) is 30.0 Å². The summed E-state index contributed by atoms with van der Waals surface area (Å²) in [6, 6.07) is 5.96. The maximum Gasteiger partial charge on any atom is 0.161 e. The van der Waals surface area contributed by atoms with Gasteiger partial charge in [-0.2, -0.15) is 0 Å². The lowest BCUT2D eigenvalue weighted by Crippen LogP contribution is -2.41. The molecule has 0 unspecified atom stereocenters. The maximum absolute atomic E-state index is 12.0. The molecule has 1 aliphatic carbocycles. The molecule has 1 aromatic rings. The van der Waals surface area contributed by atoms with Gasteiger partial charge in [0.05, 0.1) is 20.3 Å². The number of hydrogen-bond donors (Lipinski definition) is 1. The molecule has 130 valence electrons. The van der Waals surface area contributed by atoms with Crippen LogP contribution in [-0.4, -0.2) is 49.7 Å². The van der Waals surface area contributed by atoms with Crippen molar-refractivity contribution in [1.29, 1.82) is 0 Å². The van der Waals surface area contributed by atoms with Crippen molar-refractivity contribution in [2.45, 2.75) is 31.3 Å². The van der Waals surface area contributed by atoms with Crippen LogP contribution in [0.3, 0.4) is 0 Å². The van der Waals surface area contributed by atoms with E-state index in [0.717, 1.165) is 24.2 Å². The number of aliphatic hydroxyl groups excluding tert-OH is 1. The van der Waals surface area contributed by atoms with E-state index in [-0.39, 0.29) is 17.1 Å². The zero-order valence-electron chi connectivity index (χ0n) is 14.7. The van der Waals surface area contributed by atoms with Gasteiger partial charge in [0.2, 0.25) is 0 Å². The lowest BCUT2D eigenvalue weighted by Gasteiger charge is -2.40. The number of ketones is 1. The van der Waals surface area contributed by atoms with E-state index in [2.05, 4.69) is 4.90 Å². The van der Waals surface area contributed by atoms with Crippen LogP contribution in [-0.2, 0) is 10.2 Å². The number of carbonyl (C=O) groups excluding carboxylic acids is 1. The van der Waals surface area contributed by atoms with Gasteiger partial charge in [-0.3, -0.25) is 4.79 Å². The van der Waals surface area contributed by atoms with Gasteiger partial charge in [-0.1, -0.05) is 6.07 Å². The number of benzene rings is 1. The highest BCUT2D eigenvalue weighted by Gasteiger charge is 2.49. The number of Topliss-reactive ketones (excluding diaryl/α,β-unsaturated/α-hetero) is 1. The number of fused-ring (bicyclic) bond motifs is 1. The first-order chi connectivity index (χ1) is 11.4. The summed E-state index contributed by atoms with van der Waals surface area (Å²) >= 11 is 0. The van der Waals surface area contributed by atoms with Gasteiger partial charge in [0.25, 0.3) is 0 Å². The summed E-state index contributed by atoms with van der Waals surface area (Å²) in [7, 11) is 5.28. The molecule has 0 bridgehead atoms. The predicted molar refractivity (Wildman–Crippen MR) is 91.3 cm³/mol. The second-order valence-corrected chi connectivity index (χ2v) is 6.79. The SMILES string of the molecule is COc1ccc([C@]23CCN(C)C2=C[C@H](O)[C@@H](C(C)=O)C3)cc1OC. The highest BCUT2D eigenvalue weighted by atomic mass is 16.5. The van der Waals surface area contributed by atoms with E-state index in [0.29, 0.717) is 17.9 Å². The fraction of sp³-hybridized carbons (Fsp3) is 0.526. The minimum absolute atomic E-state index is 0.0344. The van der Waals surface area contributed by atoms with Crippen molar-refractivity contribution in [3.05, 3.63) is 35.5 Å². The van der Waals surface area contributed by atoms with Crippen molar-refractivity contribution in [3.63, 3.8) is 0 Å². The summed E-state index contributed by atoms with van der Waals surface area (Å²) in [4.78, 5) is 14.2. The smallest absolute Gasteiger partial charge is 0.161 e. The molecular formula is C19H25NO4. The highest BCUT2D eigenvalue weighted by Crippen LogP contribution is 2.51. The van der Waals surface area contributed by atoms with Crippen molar-refractivity contribution in [1.82, 2.24) is 4.90 Å². The number of likely N-dealkylation sites (tertiary alicyclic amines) is 1. The Hall–Kier alpha value is -2.01. The fourth-order valence-corrected chi connectivity index (χ4v) is 4.17. The maximum atomic E-state index is 12.0. The van der Waals surface area contributed by atoms with Crippen LogP contribution >= 0.6 is 0 Å². The Bertz CT molecular complexity index is 684. The highest BCUT2D eigenvalue weighted by molar-refractivity contribution is 5.80. The first kappa shape index (κ1) is 16.8. The molecule has 0 aromatic heterocycles. The zero-order chi connectivity index (χ0) is 17.5. The van der Waals surface area contributed by atoms with Crippen LogP contribution in [0.5, 0.6) is 11.5 Å². The second kappa shape index (κ2) is 6.13. The lowest BCUT2D eigenvalue weighted by atomic mass is 9.65. The normalized spacial score (nSPS) is 29.0. The Morgan fingerprint density at radius 3 is 2.62 bits per heavy atom. The third-order valence-electron chi connectivity index (χ3n) is 5.54. The molecule has 1 N–H and O–H groups in total. The van der Waals surface area contributed by atoms with Gasteiger partial charge in [-0.25, -0.2) is 0 Å². The summed E-state index contributed by atoms with van der Waals surface area (Å²) in [6.07, 6.45) is 2.68. The Morgan fingerprint density at radius 2 is 2.00 bits per heavy atom. The van der Waals surface area contributed by atoms with Crippen LogP contribution in [0, 0.1) is 5.92 Å². The molecule has 0 amide bonds.